The molecule has 11 N–H and O–H groups in total. The Hall–Kier alpha value is -2.48. The van der Waals surface area contributed by atoms with Gasteiger partial charge in [-0.3, -0.25) is 19.2 Å². The van der Waals surface area contributed by atoms with Crippen LogP contribution in [0, 0.1) is 0 Å². The molecule has 3 amide bonds. The van der Waals surface area contributed by atoms with Crippen LogP contribution in [-0.2, 0) is 42.9 Å². The fourth-order valence-electron chi connectivity index (χ4n) is 7.72. The van der Waals surface area contributed by atoms with Crippen molar-refractivity contribution in [1.29, 1.82) is 0 Å². The van der Waals surface area contributed by atoms with Gasteiger partial charge in [-0.05, 0) is 64.2 Å². The molecule has 0 bridgehead atoms. The number of aliphatic hydroxyl groups is 9. The first kappa shape index (κ1) is 53.9. The third kappa shape index (κ3) is 17.5. The van der Waals surface area contributed by atoms with Crippen molar-refractivity contribution in [2.45, 2.75) is 182 Å². The zero-order valence-electron chi connectivity index (χ0n) is 35.9. The highest BCUT2D eigenvalue weighted by Crippen LogP contribution is 2.24. The molecule has 3 aliphatic heterocycles. The molecule has 3 fully saturated rings. The minimum absolute atomic E-state index is 0.0289. The average molecular weight is 896 g/mol. The van der Waals surface area contributed by atoms with E-state index < -0.39 is 80.7 Å². The number of carbonyl (C=O) groups is 4. The maximum Gasteiger partial charge on any atom is 0.222 e. The first-order valence-electron chi connectivity index (χ1n) is 22.1. The van der Waals surface area contributed by atoms with Crippen LogP contribution in [0.2, 0.25) is 0 Å². The van der Waals surface area contributed by atoms with Gasteiger partial charge in [0, 0.05) is 59.1 Å². The van der Waals surface area contributed by atoms with Crippen molar-refractivity contribution >= 4 is 23.5 Å². The zero-order valence-corrected chi connectivity index (χ0v) is 35.9. The lowest BCUT2D eigenvalue weighted by molar-refractivity contribution is -0.301. The van der Waals surface area contributed by atoms with Crippen molar-refractivity contribution in [2.75, 3.05) is 53.2 Å². The number of aliphatic hydroxyl groups excluding tert-OH is 9. The highest BCUT2D eigenvalue weighted by molar-refractivity contribution is 5.89. The standard InChI is InChI=1S/C41H73N3O18/c1-58-26-20-25(22-45)44(21-26)33(51)16-5-3-2-4-13-28(48)27(43-32(50)15-8-11-19-60-41-39(57)37(55)35(53)30(24-47)62-41)12-6-9-17-42-31(49)14-7-10-18-59-40-38(56)36(54)34(52)29(23-46)61-40/h25-27,29-30,34-41,45-47,52-57H,2-24H2,1H3,(H,42,49)(H,43,50)/t25-,26+,27+,29?,30?,34?,35?,36?,37?,38?,39?,40?,41?/m0/s1. The fourth-order valence-corrected chi connectivity index (χ4v) is 7.72. The van der Waals surface area contributed by atoms with E-state index in [2.05, 4.69) is 10.6 Å². The Labute approximate surface area is 363 Å². The van der Waals surface area contributed by atoms with Gasteiger partial charge in [-0.2, -0.15) is 0 Å². The van der Waals surface area contributed by atoms with Crippen molar-refractivity contribution < 1.29 is 88.8 Å². The number of likely N-dealkylation sites (tertiary alicyclic amines) is 1. The molecule has 3 aliphatic rings. The van der Waals surface area contributed by atoms with Gasteiger partial charge in [-0.25, -0.2) is 0 Å². The Balaban J connectivity index is 1.37. The van der Waals surface area contributed by atoms with E-state index in [-0.39, 0.29) is 74.7 Å². The second kappa shape index (κ2) is 29.1. The molecule has 0 spiro atoms. The topological polar surface area (TPSA) is 324 Å². The lowest BCUT2D eigenvalue weighted by Crippen LogP contribution is -2.59. The Kier molecular flexibility index (Phi) is 25.3. The van der Waals surface area contributed by atoms with Crippen LogP contribution in [0.15, 0.2) is 0 Å². The number of ketones is 1. The first-order valence-corrected chi connectivity index (χ1v) is 22.1. The molecule has 62 heavy (non-hydrogen) atoms. The normalized spacial score (nSPS) is 30.6. The summed E-state index contributed by atoms with van der Waals surface area (Å²) in [6.45, 7) is -0.294. The smallest absolute Gasteiger partial charge is 0.222 e. The lowest BCUT2D eigenvalue weighted by atomic mass is 9.99. The number of rotatable bonds is 30. The predicted octanol–water partition coefficient (Wildman–Crippen LogP) is -2.75. The summed E-state index contributed by atoms with van der Waals surface area (Å²) >= 11 is 0. The van der Waals surface area contributed by atoms with Crippen molar-refractivity contribution in [1.82, 2.24) is 15.5 Å². The summed E-state index contributed by atoms with van der Waals surface area (Å²) in [5.74, 6) is -0.677. The number of unbranched alkanes of at least 4 members (excludes halogenated alkanes) is 6. The largest absolute Gasteiger partial charge is 0.394 e. The number of nitrogens with one attached hydrogen (secondary N) is 2. The average Bonchev–Trinajstić information content (AvgIpc) is 3.70. The zero-order chi connectivity index (χ0) is 45.6. The van der Waals surface area contributed by atoms with Crippen molar-refractivity contribution in [2.24, 2.45) is 0 Å². The molecular weight excluding hydrogens is 822 g/mol. The van der Waals surface area contributed by atoms with Gasteiger partial charge in [0.1, 0.15) is 48.8 Å². The molecule has 21 nitrogen and oxygen atoms in total. The van der Waals surface area contributed by atoms with Crippen LogP contribution >= 0.6 is 0 Å². The molecule has 21 heteroatoms. The third-order valence-electron chi connectivity index (χ3n) is 11.6. The Morgan fingerprint density at radius 2 is 1.16 bits per heavy atom. The quantitative estimate of drug-likeness (QED) is 0.0326. The molecule has 0 aromatic rings. The van der Waals surface area contributed by atoms with Crippen molar-refractivity contribution in [3.63, 3.8) is 0 Å². The van der Waals surface area contributed by atoms with E-state index in [1.807, 2.05) is 0 Å². The molecule has 0 radical (unpaired) electrons. The number of amides is 3. The molecule has 13 atom stereocenters. The van der Waals surface area contributed by atoms with Gasteiger partial charge < -0.3 is 85.2 Å². The van der Waals surface area contributed by atoms with Crippen molar-refractivity contribution in [3.05, 3.63) is 0 Å². The van der Waals surface area contributed by atoms with Gasteiger partial charge in [-0.15, -0.1) is 0 Å². The minimum atomic E-state index is -1.56. The summed E-state index contributed by atoms with van der Waals surface area (Å²) in [6.07, 6.45) is -6.68. The van der Waals surface area contributed by atoms with Gasteiger partial charge in [0.05, 0.1) is 38.0 Å². The molecule has 0 aromatic carbocycles. The summed E-state index contributed by atoms with van der Waals surface area (Å²) in [6, 6.07) is -0.986. The molecule has 3 rings (SSSR count). The summed E-state index contributed by atoms with van der Waals surface area (Å²) in [7, 11) is 1.59. The van der Waals surface area contributed by atoms with Gasteiger partial charge in [0.2, 0.25) is 17.7 Å². The van der Waals surface area contributed by atoms with Crippen LogP contribution in [0.3, 0.4) is 0 Å². The summed E-state index contributed by atoms with van der Waals surface area (Å²) < 4.78 is 26.9. The van der Waals surface area contributed by atoms with Gasteiger partial charge in [0.25, 0.3) is 0 Å². The van der Waals surface area contributed by atoms with Gasteiger partial charge in [0.15, 0.2) is 18.4 Å². The lowest BCUT2D eigenvalue weighted by Gasteiger charge is -2.39. The number of methoxy groups -OCH3 is 1. The predicted molar refractivity (Wildman–Crippen MR) is 217 cm³/mol. The van der Waals surface area contributed by atoms with Crippen LogP contribution in [0.1, 0.15) is 103 Å². The molecule has 10 unspecified atom stereocenters. The molecular formula is C41H73N3O18. The summed E-state index contributed by atoms with van der Waals surface area (Å²) in [5, 5.41) is 93.9. The molecule has 360 valence electrons. The van der Waals surface area contributed by atoms with E-state index in [4.69, 9.17) is 23.7 Å². The third-order valence-corrected chi connectivity index (χ3v) is 11.6. The Morgan fingerprint density at radius 3 is 1.69 bits per heavy atom. The number of nitrogens with zero attached hydrogens (tertiary/aromatic N) is 1. The number of hydrogen-bond donors (Lipinski definition) is 11. The summed E-state index contributed by atoms with van der Waals surface area (Å²) in [4.78, 5) is 53.2. The first-order chi connectivity index (χ1) is 29.8. The molecule has 3 saturated heterocycles. The van der Waals surface area contributed by atoms with E-state index in [1.54, 1.807) is 12.0 Å². The highest BCUT2D eigenvalue weighted by atomic mass is 16.7. The van der Waals surface area contributed by atoms with E-state index in [9.17, 15) is 65.1 Å². The molecule has 0 aromatic heterocycles. The van der Waals surface area contributed by atoms with E-state index >= 15 is 0 Å². The number of carbonyl (C=O) groups excluding carboxylic acids is 4. The summed E-state index contributed by atoms with van der Waals surface area (Å²) in [5.41, 5.74) is 0. The van der Waals surface area contributed by atoms with Crippen LogP contribution in [0.4, 0.5) is 0 Å². The molecule has 0 saturated carbocycles. The van der Waals surface area contributed by atoms with Crippen LogP contribution in [0.5, 0.6) is 0 Å². The second-order valence-corrected chi connectivity index (χ2v) is 16.4. The fraction of sp³-hybridized carbons (Fsp3) is 0.902. The monoisotopic (exact) mass is 895 g/mol. The van der Waals surface area contributed by atoms with E-state index in [0.717, 1.165) is 6.42 Å². The molecule has 0 aliphatic carbocycles. The van der Waals surface area contributed by atoms with E-state index in [1.165, 1.54) is 0 Å². The Bertz CT molecular complexity index is 1310. The van der Waals surface area contributed by atoms with Crippen molar-refractivity contribution in [3.8, 4) is 0 Å². The maximum absolute atomic E-state index is 13.4. The van der Waals surface area contributed by atoms with Crippen LogP contribution in [-0.4, -0.2) is 207 Å². The second-order valence-electron chi connectivity index (χ2n) is 16.4. The van der Waals surface area contributed by atoms with E-state index in [0.29, 0.717) is 90.1 Å². The van der Waals surface area contributed by atoms with Gasteiger partial charge >= 0.3 is 0 Å². The number of ether oxygens (including phenoxy) is 5. The molecule has 3 heterocycles. The number of hydrogen-bond acceptors (Lipinski definition) is 18. The SMILES string of the molecule is CO[C@@H]1C[C@@H](CO)N(C(=O)CCCCCCC(=O)[C@@H](CCCCNC(=O)CCCCOC2OC(CO)C(O)C(O)C2O)NC(=O)CCCCOC2OC(CO)C(O)C(O)C2O)C1. The van der Waals surface area contributed by atoms with Crippen LogP contribution in [0.25, 0.3) is 0 Å². The Morgan fingerprint density at radius 1 is 0.629 bits per heavy atom. The maximum atomic E-state index is 13.4. The minimum Gasteiger partial charge on any atom is -0.394 e. The van der Waals surface area contributed by atoms with Crippen LogP contribution < -0.4 is 10.6 Å². The number of Topliss-reactive ketones (excluding diaryl/α,β-unsaturated/α-hetero) is 1. The van der Waals surface area contributed by atoms with Gasteiger partial charge in [-0.1, -0.05) is 12.8 Å². The highest BCUT2D eigenvalue weighted by Gasteiger charge is 2.45.